The molecule has 0 spiro atoms. The van der Waals surface area contributed by atoms with E-state index in [-0.39, 0.29) is 11.8 Å². The van der Waals surface area contributed by atoms with Gasteiger partial charge in [0, 0.05) is 25.8 Å². The molecule has 1 aromatic carbocycles. The fourth-order valence-corrected chi connectivity index (χ4v) is 3.34. The molecule has 1 aromatic heterocycles. The van der Waals surface area contributed by atoms with Crippen LogP contribution in [0.4, 0.5) is 5.82 Å². The Morgan fingerprint density at radius 1 is 1.30 bits per heavy atom. The van der Waals surface area contributed by atoms with Gasteiger partial charge in [0.25, 0.3) is 5.91 Å². The van der Waals surface area contributed by atoms with Gasteiger partial charge in [-0.05, 0) is 43.2 Å². The molecule has 7 heteroatoms. The lowest BCUT2D eigenvalue weighted by molar-refractivity contribution is -0.129. The molecular formula is C20H24N4O3. The van der Waals surface area contributed by atoms with Crippen molar-refractivity contribution in [3.8, 4) is 5.75 Å². The Kier molecular flexibility index (Phi) is 5.30. The number of hydrogen-bond donors (Lipinski definition) is 2. The molecule has 3 rings (SSSR count). The molecule has 142 valence electrons. The minimum atomic E-state index is -0.633. The number of amides is 2. The van der Waals surface area contributed by atoms with Gasteiger partial charge in [0.15, 0.2) is 0 Å². The molecule has 3 N–H and O–H groups in total. The summed E-state index contributed by atoms with van der Waals surface area (Å²) in [6.45, 7) is 3.42. The molecule has 1 saturated heterocycles. The number of rotatable bonds is 7. The highest BCUT2D eigenvalue weighted by atomic mass is 16.5. The molecule has 0 unspecified atom stereocenters. The standard InChI is InChI=1S/C20H24N4O3/c1-3-22-18(25)15-7-8-17(23-11-15)24-12-20(13-24,19(21)26)10-14-5-4-6-16(9-14)27-2/h4-9,11H,3,10,12-13H2,1-2H3,(H2,21,26)(H,22,25). The van der Waals surface area contributed by atoms with E-state index in [1.165, 1.54) is 0 Å². The molecule has 0 radical (unpaired) electrons. The number of carbonyl (C=O) groups excluding carboxylic acids is 2. The number of nitrogens with two attached hydrogens (primary N) is 1. The summed E-state index contributed by atoms with van der Waals surface area (Å²) in [5.74, 6) is 1.02. The third kappa shape index (κ3) is 3.86. The summed E-state index contributed by atoms with van der Waals surface area (Å²) in [6.07, 6.45) is 2.10. The van der Waals surface area contributed by atoms with E-state index in [4.69, 9.17) is 10.5 Å². The van der Waals surface area contributed by atoms with Crippen LogP contribution >= 0.6 is 0 Å². The highest BCUT2D eigenvalue weighted by molar-refractivity contribution is 5.94. The fourth-order valence-electron chi connectivity index (χ4n) is 3.34. The van der Waals surface area contributed by atoms with Gasteiger partial charge in [0.2, 0.25) is 5.91 Å². The molecule has 7 nitrogen and oxygen atoms in total. The minimum Gasteiger partial charge on any atom is -0.497 e. The number of aromatic nitrogens is 1. The first-order valence-electron chi connectivity index (χ1n) is 8.89. The molecule has 27 heavy (non-hydrogen) atoms. The van der Waals surface area contributed by atoms with Crippen molar-refractivity contribution in [3.63, 3.8) is 0 Å². The van der Waals surface area contributed by atoms with Crippen LogP contribution in [-0.2, 0) is 11.2 Å². The van der Waals surface area contributed by atoms with Crippen LogP contribution < -0.4 is 20.7 Å². The smallest absolute Gasteiger partial charge is 0.252 e. The van der Waals surface area contributed by atoms with Crippen molar-refractivity contribution in [3.05, 3.63) is 53.7 Å². The van der Waals surface area contributed by atoms with Crippen LogP contribution in [-0.4, -0.2) is 43.5 Å². The van der Waals surface area contributed by atoms with E-state index >= 15 is 0 Å². The van der Waals surface area contributed by atoms with E-state index in [1.54, 1.807) is 25.4 Å². The van der Waals surface area contributed by atoms with Crippen molar-refractivity contribution in [1.29, 1.82) is 0 Å². The molecule has 0 bridgehead atoms. The first-order valence-corrected chi connectivity index (χ1v) is 8.89. The lowest BCUT2D eigenvalue weighted by atomic mass is 9.74. The Balaban J connectivity index is 1.70. The topological polar surface area (TPSA) is 97.5 Å². The second kappa shape index (κ2) is 7.65. The zero-order valence-corrected chi connectivity index (χ0v) is 15.6. The van der Waals surface area contributed by atoms with Gasteiger partial charge in [0.05, 0.1) is 18.1 Å². The van der Waals surface area contributed by atoms with Crippen LogP contribution in [0.5, 0.6) is 5.75 Å². The monoisotopic (exact) mass is 368 g/mol. The predicted molar refractivity (Wildman–Crippen MR) is 103 cm³/mol. The van der Waals surface area contributed by atoms with E-state index in [1.807, 2.05) is 36.1 Å². The molecule has 0 saturated carbocycles. The lowest BCUT2D eigenvalue weighted by Gasteiger charge is -2.48. The van der Waals surface area contributed by atoms with Gasteiger partial charge in [-0.1, -0.05) is 12.1 Å². The van der Waals surface area contributed by atoms with E-state index in [0.717, 1.165) is 17.1 Å². The number of primary amides is 1. The van der Waals surface area contributed by atoms with Crippen LogP contribution in [0.1, 0.15) is 22.8 Å². The summed E-state index contributed by atoms with van der Waals surface area (Å²) in [4.78, 5) is 30.3. The third-order valence-corrected chi connectivity index (χ3v) is 4.86. The number of ether oxygens (including phenoxy) is 1. The molecule has 1 aliphatic rings. The summed E-state index contributed by atoms with van der Waals surface area (Å²) >= 11 is 0. The first kappa shape index (κ1) is 18.7. The number of pyridine rings is 1. The van der Waals surface area contributed by atoms with Gasteiger partial charge >= 0.3 is 0 Å². The van der Waals surface area contributed by atoms with Gasteiger partial charge in [0.1, 0.15) is 11.6 Å². The molecule has 2 amide bonds. The van der Waals surface area contributed by atoms with Gasteiger partial charge < -0.3 is 20.7 Å². The SMILES string of the molecule is CCNC(=O)c1ccc(N2CC(Cc3cccc(OC)c3)(C(N)=O)C2)nc1. The number of hydrogen-bond acceptors (Lipinski definition) is 5. The predicted octanol–water partition coefficient (Wildman–Crippen LogP) is 1.37. The van der Waals surface area contributed by atoms with E-state index in [0.29, 0.717) is 31.6 Å². The summed E-state index contributed by atoms with van der Waals surface area (Å²) < 4.78 is 5.25. The molecule has 1 fully saturated rings. The Bertz CT molecular complexity index is 829. The molecule has 2 heterocycles. The summed E-state index contributed by atoms with van der Waals surface area (Å²) in [5.41, 5.74) is 6.61. The number of anilines is 1. The van der Waals surface area contributed by atoms with Crippen LogP contribution in [0.25, 0.3) is 0 Å². The summed E-state index contributed by atoms with van der Waals surface area (Å²) in [6, 6.07) is 11.2. The average molecular weight is 368 g/mol. The third-order valence-electron chi connectivity index (χ3n) is 4.86. The highest BCUT2D eigenvalue weighted by Crippen LogP contribution is 2.37. The summed E-state index contributed by atoms with van der Waals surface area (Å²) in [7, 11) is 1.62. The Hall–Kier alpha value is -3.09. The molecule has 1 aliphatic heterocycles. The van der Waals surface area contributed by atoms with E-state index < -0.39 is 5.41 Å². The zero-order chi connectivity index (χ0) is 19.4. The molecule has 0 aliphatic carbocycles. The number of nitrogens with one attached hydrogen (secondary N) is 1. The maximum Gasteiger partial charge on any atom is 0.252 e. The quantitative estimate of drug-likeness (QED) is 0.769. The second-order valence-corrected chi connectivity index (χ2v) is 6.79. The number of benzene rings is 1. The van der Waals surface area contributed by atoms with Crippen molar-refractivity contribution in [2.75, 3.05) is 31.6 Å². The molecule has 0 atom stereocenters. The van der Waals surface area contributed by atoms with Crippen molar-refractivity contribution in [1.82, 2.24) is 10.3 Å². The second-order valence-electron chi connectivity index (χ2n) is 6.79. The summed E-state index contributed by atoms with van der Waals surface area (Å²) in [5, 5.41) is 2.74. The van der Waals surface area contributed by atoms with Crippen LogP contribution in [0.15, 0.2) is 42.6 Å². The average Bonchev–Trinajstić information content (AvgIpc) is 2.64. The highest BCUT2D eigenvalue weighted by Gasteiger charge is 2.48. The maximum absolute atomic E-state index is 12.1. The van der Waals surface area contributed by atoms with E-state index in [9.17, 15) is 9.59 Å². The zero-order valence-electron chi connectivity index (χ0n) is 15.6. The minimum absolute atomic E-state index is 0.148. The number of carbonyl (C=O) groups is 2. The number of methoxy groups -OCH3 is 1. The van der Waals surface area contributed by atoms with Gasteiger partial charge in [-0.15, -0.1) is 0 Å². The van der Waals surface area contributed by atoms with Crippen LogP contribution in [0.3, 0.4) is 0 Å². The van der Waals surface area contributed by atoms with Gasteiger partial charge in [-0.25, -0.2) is 4.98 Å². The van der Waals surface area contributed by atoms with Gasteiger partial charge in [-0.2, -0.15) is 0 Å². The normalized spacial score (nSPS) is 15.0. The van der Waals surface area contributed by atoms with Crippen molar-refractivity contribution in [2.45, 2.75) is 13.3 Å². The number of nitrogens with zero attached hydrogens (tertiary/aromatic N) is 2. The van der Waals surface area contributed by atoms with Gasteiger partial charge in [-0.3, -0.25) is 9.59 Å². The van der Waals surface area contributed by atoms with Crippen molar-refractivity contribution < 1.29 is 14.3 Å². The van der Waals surface area contributed by atoms with Crippen LogP contribution in [0.2, 0.25) is 0 Å². The van der Waals surface area contributed by atoms with E-state index in [2.05, 4.69) is 10.3 Å². The Labute approximate surface area is 158 Å². The molecule has 2 aromatic rings. The first-order chi connectivity index (χ1) is 13.0. The van der Waals surface area contributed by atoms with Crippen LogP contribution in [0, 0.1) is 5.41 Å². The lowest BCUT2D eigenvalue weighted by Crippen LogP contribution is -2.64. The fraction of sp³-hybridized carbons (Fsp3) is 0.350. The largest absolute Gasteiger partial charge is 0.497 e. The Morgan fingerprint density at radius 2 is 2.07 bits per heavy atom. The maximum atomic E-state index is 12.1. The Morgan fingerprint density at radius 3 is 2.67 bits per heavy atom. The van der Waals surface area contributed by atoms with Crippen molar-refractivity contribution >= 4 is 17.6 Å². The molecular weight excluding hydrogens is 344 g/mol. The van der Waals surface area contributed by atoms with Crippen molar-refractivity contribution in [2.24, 2.45) is 11.1 Å².